The summed E-state index contributed by atoms with van der Waals surface area (Å²) in [5, 5.41) is 0. The molecular formula is C48H89NO9P+. The van der Waals surface area contributed by atoms with E-state index < -0.39 is 26.5 Å². The van der Waals surface area contributed by atoms with Crippen LogP contribution in [0.25, 0.3) is 0 Å². The number of rotatable bonds is 42. The number of carbonyl (C=O) groups is 2. The molecule has 1 N–H and O–H groups in total. The molecule has 1 aliphatic heterocycles. The highest BCUT2D eigenvalue weighted by Crippen LogP contribution is 2.43. The van der Waals surface area contributed by atoms with Gasteiger partial charge in [-0.25, -0.2) is 4.57 Å². The van der Waals surface area contributed by atoms with Gasteiger partial charge in [0.15, 0.2) is 6.10 Å². The summed E-state index contributed by atoms with van der Waals surface area (Å²) in [4.78, 5) is 35.5. The third-order valence-corrected chi connectivity index (χ3v) is 11.6. The van der Waals surface area contributed by atoms with E-state index in [4.69, 9.17) is 23.3 Å². The van der Waals surface area contributed by atoms with E-state index in [1.165, 1.54) is 89.9 Å². The minimum Gasteiger partial charge on any atom is -0.462 e. The van der Waals surface area contributed by atoms with Crippen molar-refractivity contribution >= 4 is 19.8 Å². The van der Waals surface area contributed by atoms with E-state index in [0.29, 0.717) is 29.7 Å². The highest BCUT2D eigenvalue weighted by atomic mass is 31.2. The Hall–Kier alpha value is -1.81. The van der Waals surface area contributed by atoms with E-state index in [1.54, 1.807) is 0 Å². The van der Waals surface area contributed by atoms with Gasteiger partial charge in [-0.3, -0.25) is 18.6 Å². The van der Waals surface area contributed by atoms with Gasteiger partial charge in [-0.1, -0.05) is 147 Å². The lowest BCUT2D eigenvalue weighted by atomic mass is 10.1. The van der Waals surface area contributed by atoms with Crippen molar-refractivity contribution in [2.24, 2.45) is 0 Å². The number of phosphoric acid groups is 1. The minimum absolute atomic E-state index is 0.0249. The molecule has 10 nitrogen and oxygen atoms in total. The number of epoxide rings is 1. The number of nitrogens with zero attached hydrogens (tertiary/aromatic N) is 1. The zero-order valence-corrected chi connectivity index (χ0v) is 39.3. The number of quaternary nitrogens is 1. The zero-order valence-electron chi connectivity index (χ0n) is 38.4. The van der Waals surface area contributed by atoms with Gasteiger partial charge in [-0.05, 0) is 70.6 Å². The highest BCUT2D eigenvalue weighted by Gasteiger charge is 2.36. The summed E-state index contributed by atoms with van der Waals surface area (Å²) in [6.45, 7) is 4.34. The van der Waals surface area contributed by atoms with Crippen molar-refractivity contribution in [1.29, 1.82) is 0 Å². The number of hydrogen-bond donors (Lipinski definition) is 1. The molecule has 0 aliphatic carbocycles. The van der Waals surface area contributed by atoms with Crippen molar-refractivity contribution in [2.75, 3.05) is 47.5 Å². The number of carbonyl (C=O) groups excluding carboxylic acids is 2. The molecule has 0 aromatic heterocycles. The largest absolute Gasteiger partial charge is 0.472 e. The molecule has 0 spiro atoms. The molecule has 0 saturated carbocycles. The first-order valence-corrected chi connectivity index (χ1v) is 25.3. The van der Waals surface area contributed by atoms with E-state index in [-0.39, 0.29) is 32.0 Å². The third-order valence-electron chi connectivity index (χ3n) is 10.6. The maximum absolute atomic E-state index is 12.7. The monoisotopic (exact) mass is 855 g/mol. The highest BCUT2D eigenvalue weighted by molar-refractivity contribution is 7.47. The summed E-state index contributed by atoms with van der Waals surface area (Å²) in [7, 11) is 1.45. The molecule has 1 heterocycles. The van der Waals surface area contributed by atoms with Crippen molar-refractivity contribution in [2.45, 2.75) is 212 Å². The summed E-state index contributed by atoms with van der Waals surface area (Å²) >= 11 is 0. The standard InChI is InChI=1S/C48H88NO9P/c1-6-8-10-12-14-15-16-17-18-19-20-21-22-23-24-25-26-30-34-38-47(50)54-42-44(43-56-59(52,53)55-41-40-49(3,4)5)57-48(51)39-35-31-27-29-33-37-46-45(58-46)36-32-28-13-11-9-7-2/h14-15,17-18,28,32,44-46H,6-13,16,19-27,29-31,33-43H2,1-5H3/p+1/b15-14-,18-17-,32-28-/t44-,45?,46?/m1/s1. The first kappa shape index (κ1) is 55.2. The Labute approximate surface area is 361 Å². The second-order valence-electron chi connectivity index (χ2n) is 17.5. The number of likely N-dealkylation sites (N-methyl/N-ethyl adjacent to an activating group) is 1. The Bertz CT molecular complexity index is 1170. The summed E-state index contributed by atoms with van der Waals surface area (Å²) in [6.07, 6.45) is 43.5. The first-order chi connectivity index (χ1) is 28.5. The lowest BCUT2D eigenvalue weighted by Crippen LogP contribution is -2.37. The fourth-order valence-corrected chi connectivity index (χ4v) is 7.44. The van der Waals surface area contributed by atoms with Gasteiger partial charge in [-0.2, -0.15) is 0 Å². The second kappa shape index (κ2) is 36.8. The maximum atomic E-state index is 12.7. The number of hydrogen-bond acceptors (Lipinski definition) is 8. The summed E-state index contributed by atoms with van der Waals surface area (Å²) in [5.41, 5.74) is 0. The minimum atomic E-state index is -4.39. The Balaban J connectivity index is 2.25. The smallest absolute Gasteiger partial charge is 0.462 e. The predicted molar refractivity (Wildman–Crippen MR) is 242 cm³/mol. The Morgan fingerprint density at radius 1 is 0.627 bits per heavy atom. The van der Waals surface area contributed by atoms with E-state index in [1.807, 2.05) is 21.1 Å². The molecule has 0 radical (unpaired) electrons. The molecular weight excluding hydrogens is 765 g/mol. The zero-order chi connectivity index (χ0) is 43.3. The Kier molecular flexibility index (Phi) is 34.4. The second-order valence-corrected chi connectivity index (χ2v) is 19.0. The quantitative estimate of drug-likeness (QED) is 0.0160. The summed E-state index contributed by atoms with van der Waals surface area (Å²) in [6, 6.07) is 0. The molecule has 4 atom stereocenters. The van der Waals surface area contributed by atoms with E-state index >= 15 is 0 Å². The van der Waals surface area contributed by atoms with Gasteiger partial charge < -0.3 is 23.6 Å². The molecule has 11 heteroatoms. The molecule has 3 unspecified atom stereocenters. The van der Waals surface area contributed by atoms with Crippen molar-refractivity contribution in [3.05, 3.63) is 36.5 Å². The molecule has 1 aliphatic rings. The van der Waals surface area contributed by atoms with Crippen LogP contribution in [0.4, 0.5) is 0 Å². The van der Waals surface area contributed by atoms with Crippen LogP contribution in [0.3, 0.4) is 0 Å². The molecule has 0 bridgehead atoms. The fourth-order valence-electron chi connectivity index (χ4n) is 6.70. The van der Waals surface area contributed by atoms with E-state index in [9.17, 15) is 19.0 Å². The van der Waals surface area contributed by atoms with Gasteiger partial charge >= 0.3 is 19.8 Å². The van der Waals surface area contributed by atoms with Crippen LogP contribution in [-0.4, -0.2) is 87.1 Å². The Morgan fingerprint density at radius 2 is 1.14 bits per heavy atom. The van der Waals surface area contributed by atoms with Crippen molar-refractivity contribution in [3.8, 4) is 0 Å². The summed E-state index contributed by atoms with van der Waals surface area (Å²) < 4.78 is 40.2. The van der Waals surface area contributed by atoms with Gasteiger partial charge in [0.25, 0.3) is 0 Å². The molecule has 0 aromatic carbocycles. The van der Waals surface area contributed by atoms with Gasteiger partial charge in [0, 0.05) is 12.8 Å². The van der Waals surface area contributed by atoms with Gasteiger partial charge in [0.2, 0.25) is 0 Å². The van der Waals surface area contributed by atoms with Crippen molar-refractivity contribution in [3.63, 3.8) is 0 Å². The Morgan fingerprint density at radius 3 is 1.71 bits per heavy atom. The van der Waals surface area contributed by atoms with Crippen molar-refractivity contribution < 1.29 is 46.8 Å². The lowest BCUT2D eigenvalue weighted by molar-refractivity contribution is -0.870. The fraction of sp³-hybridized carbons (Fsp3) is 0.833. The number of ether oxygens (including phenoxy) is 3. The molecule has 0 amide bonds. The first-order valence-electron chi connectivity index (χ1n) is 23.8. The van der Waals surface area contributed by atoms with Crippen LogP contribution in [0.5, 0.6) is 0 Å². The molecule has 1 fully saturated rings. The SMILES string of the molecule is CCCCC/C=C\C/C=C\CCCCCCCCCCCC(=O)OC[C@H](COP(=O)(O)OCC[N+](C)(C)C)OC(=O)CCCCCCCC1OC1C/C=C\CCCCC. The van der Waals surface area contributed by atoms with Crippen LogP contribution < -0.4 is 0 Å². The lowest BCUT2D eigenvalue weighted by Gasteiger charge is -2.24. The maximum Gasteiger partial charge on any atom is 0.472 e. The van der Waals surface area contributed by atoms with Crippen molar-refractivity contribution in [1.82, 2.24) is 0 Å². The van der Waals surface area contributed by atoms with Crippen LogP contribution in [0, 0.1) is 0 Å². The van der Waals surface area contributed by atoms with Gasteiger partial charge in [0.1, 0.15) is 19.8 Å². The average Bonchev–Trinajstić information content (AvgIpc) is 3.94. The summed E-state index contributed by atoms with van der Waals surface area (Å²) in [5.74, 6) is -0.824. The van der Waals surface area contributed by atoms with Gasteiger partial charge in [-0.15, -0.1) is 0 Å². The number of esters is 2. The molecule has 1 rings (SSSR count). The molecule has 1 saturated heterocycles. The predicted octanol–water partition coefficient (Wildman–Crippen LogP) is 12.7. The third kappa shape index (κ3) is 37.7. The normalized spacial score (nSPS) is 17.3. The average molecular weight is 855 g/mol. The van der Waals surface area contributed by atoms with Crippen LogP contribution >= 0.6 is 7.82 Å². The van der Waals surface area contributed by atoms with Gasteiger partial charge in [0.05, 0.1) is 40.0 Å². The number of unbranched alkanes of at least 4 members (excludes halogenated alkanes) is 19. The van der Waals surface area contributed by atoms with E-state index in [0.717, 1.165) is 70.6 Å². The topological polar surface area (TPSA) is 121 Å². The molecule has 0 aromatic rings. The van der Waals surface area contributed by atoms with Crippen LogP contribution in [-0.2, 0) is 37.4 Å². The molecule has 344 valence electrons. The number of allylic oxidation sites excluding steroid dienone is 5. The van der Waals surface area contributed by atoms with E-state index in [2.05, 4.69) is 50.3 Å². The number of phosphoric ester groups is 1. The van der Waals surface area contributed by atoms with Crippen LogP contribution in [0.2, 0.25) is 0 Å². The molecule has 59 heavy (non-hydrogen) atoms. The van der Waals surface area contributed by atoms with Crippen LogP contribution in [0.15, 0.2) is 36.5 Å². The van der Waals surface area contributed by atoms with Crippen LogP contribution in [0.1, 0.15) is 194 Å².